The molecule has 1 heterocycles. The van der Waals surface area contributed by atoms with Crippen LogP contribution in [-0.2, 0) is 0 Å². The number of hydrogen-bond donors (Lipinski definition) is 1. The first-order valence-electron chi connectivity index (χ1n) is 5.69. The standard InChI is InChI=1S/C11H17BrN2S/c12-10-8-15-11(14-10)13-7-3-6-9-4-1-2-5-9/h8-9H,1-7H2,(H,13,14). The molecule has 0 bridgehead atoms. The van der Waals surface area contributed by atoms with Crippen molar-refractivity contribution in [1.29, 1.82) is 0 Å². The van der Waals surface area contributed by atoms with E-state index in [9.17, 15) is 0 Å². The molecule has 4 heteroatoms. The van der Waals surface area contributed by atoms with Crippen LogP contribution >= 0.6 is 27.3 Å². The topological polar surface area (TPSA) is 24.9 Å². The molecule has 1 saturated carbocycles. The molecule has 0 aliphatic heterocycles. The van der Waals surface area contributed by atoms with Crippen LogP contribution in [0.15, 0.2) is 9.98 Å². The Morgan fingerprint density at radius 1 is 1.47 bits per heavy atom. The first-order chi connectivity index (χ1) is 7.34. The average Bonchev–Trinajstić information content (AvgIpc) is 2.84. The van der Waals surface area contributed by atoms with Crippen molar-refractivity contribution in [3.05, 3.63) is 9.98 Å². The Labute approximate surface area is 104 Å². The Morgan fingerprint density at radius 2 is 2.27 bits per heavy atom. The maximum atomic E-state index is 4.30. The van der Waals surface area contributed by atoms with Crippen LogP contribution in [0.1, 0.15) is 38.5 Å². The van der Waals surface area contributed by atoms with Crippen LogP contribution in [0.5, 0.6) is 0 Å². The smallest absolute Gasteiger partial charge is 0.183 e. The number of halogens is 1. The van der Waals surface area contributed by atoms with Crippen LogP contribution in [-0.4, -0.2) is 11.5 Å². The zero-order valence-corrected chi connectivity index (χ0v) is 11.2. The summed E-state index contributed by atoms with van der Waals surface area (Å²) >= 11 is 5.02. The van der Waals surface area contributed by atoms with Gasteiger partial charge >= 0.3 is 0 Å². The average molecular weight is 289 g/mol. The summed E-state index contributed by atoms with van der Waals surface area (Å²) < 4.78 is 0.936. The zero-order valence-electron chi connectivity index (χ0n) is 8.84. The lowest BCUT2D eigenvalue weighted by Gasteiger charge is -2.08. The van der Waals surface area contributed by atoms with Crippen molar-refractivity contribution in [2.45, 2.75) is 38.5 Å². The largest absolute Gasteiger partial charge is 0.361 e. The van der Waals surface area contributed by atoms with E-state index in [1.54, 1.807) is 11.3 Å². The van der Waals surface area contributed by atoms with Crippen LogP contribution in [0.25, 0.3) is 0 Å². The predicted molar refractivity (Wildman–Crippen MR) is 69.5 cm³/mol. The molecule has 0 spiro atoms. The molecule has 0 radical (unpaired) electrons. The van der Waals surface area contributed by atoms with Gasteiger partial charge in [0.15, 0.2) is 5.13 Å². The van der Waals surface area contributed by atoms with Gasteiger partial charge in [0.25, 0.3) is 0 Å². The second-order valence-electron chi connectivity index (χ2n) is 4.19. The number of anilines is 1. The summed E-state index contributed by atoms with van der Waals surface area (Å²) in [5.74, 6) is 1.01. The third kappa shape index (κ3) is 3.76. The molecular weight excluding hydrogens is 272 g/mol. The van der Waals surface area contributed by atoms with E-state index in [1.165, 1.54) is 38.5 Å². The van der Waals surface area contributed by atoms with Gasteiger partial charge in [0, 0.05) is 11.9 Å². The van der Waals surface area contributed by atoms with Gasteiger partial charge in [0.05, 0.1) is 0 Å². The minimum absolute atomic E-state index is 0.936. The van der Waals surface area contributed by atoms with Crippen molar-refractivity contribution < 1.29 is 0 Å². The van der Waals surface area contributed by atoms with Gasteiger partial charge in [-0.15, -0.1) is 11.3 Å². The van der Waals surface area contributed by atoms with E-state index >= 15 is 0 Å². The van der Waals surface area contributed by atoms with Gasteiger partial charge in [-0.2, -0.15) is 0 Å². The van der Waals surface area contributed by atoms with Gasteiger partial charge in [0.1, 0.15) is 4.60 Å². The highest BCUT2D eigenvalue weighted by atomic mass is 79.9. The third-order valence-electron chi connectivity index (χ3n) is 3.02. The minimum atomic E-state index is 0.936. The summed E-state index contributed by atoms with van der Waals surface area (Å²) in [4.78, 5) is 4.30. The molecule has 0 unspecified atom stereocenters. The fraction of sp³-hybridized carbons (Fsp3) is 0.727. The van der Waals surface area contributed by atoms with Gasteiger partial charge < -0.3 is 5.32 Å². The Hall–Kier alpha value is -0.0900. The second kappa shape index (κ2) is 5.85. The highest BCUT2D eigenvalue weighted by Gasteiger charge is 2.13. The third-order valence-corrected chi connectivity index (χ3v) is 4.53. The lowest BCUT2D eigenvalue weighted by atomic mass is 10.0. The van der Waals surface area contributed by atoms with Crippen molar-refractivity contribution in [1.82, 2.24) is 4.98 Å². The molecule has 15 heavy (non-hydrogen) atoms. The van der Waals surface area contributed by atoms with E-state index in [2.05, 4.69) is 26.2 Å². The number of hydrogen-bond acceptors (Lipinski definition) is 3. The summed E-state index contributed by atoms with van der Waals surface area (Å²) in [7, 11) is 0. The van der Waals surface area contributed by atoms with Crippen molar-refractivity contribution in [2.75, 3.05) is 11.9 Å². The lowest BCUT2D eigenvalue weighted by molar-refractivity contribution is 0.491. The van der Waals surface area contributed by atoms with Gasteiger partial charge in [-0.05, 0) is 34.7 Å². The molecule has 0 aromatic carbocycles. The first kappa shape index (κ1) is 11.4. The fourth-order valence-electron chi connectivity index (χ4n) is 2.22. The number of nitrogens with zero attached hydrogens (tertiary/aromatic N) is 1. The second-order valence-corrected chi connectivity index (χ2v) is 5.87. The van der Waals surface area contributed by atoms with Gasteiger partial charge in [-0.25, -0.2) is 4.98 Å². The van der Waals surface area contributed by atoms with Gasteiger partial charge in [0.2, 0.25) is 0 Å². The van der Waals surface area contributed by atoms with E-state index in [-0.39, 0.29) is 0 Å². The molecule has 0 saturated heterocycles. The zero-order chi connectivity index (χ0) is 10.5. The number of rotatable bonds is 5. The van der Waals surface area contributed by atoms with Crippen molar-refractivity contribution in [3.63, 3.8) is 0 Å². The van der Waals surface area contributed by atoms with Gasteiger partial charge in [-0.1, -0.05) is 25.7 Å². The minimum Gasteiger partial charge on any atom is -0.361 e. The number of thiazole rings is 1. The van der Waals surface area contributed by atoms with Crippen molar-refractivity contribution >= 4 is 32.4 Å². The molecule has 1 fully saturated rings. The van der Waals surface area contributed by atoms with Crippen LogP contribution < -0.4 is 5.32 Å². The quantitative estimate of drug-likeness (QED) is 0.818. The van der Waals surface area contributed by atoms with Crippen LogP contribution in [0.2, 0.25) is 0 Å². The summed E-state index contributed by atoms with van der Waals surface area (Å²) in [6, 6.07) is 0. The van der Waals surface area contributed by atoms with E-state index in [4.69, 9.17) is 0 Å². The normalized spacial score (nSPS) is 17.1. The molecular formula is C11H17BrN2S. The summed E-state index contributed by atoms with van der Waals surface area (Å²) in [6.45, 7) is 1.07. The molecule has 1 aliphatic carbocycles. The van der Waals surface area contributed by atoms with E-state index < -0.39 is 0 Å². The summed E-state index contributed by atoms with van der Waals surface area (Å²) in [5, 5.41) is 6.42. The Kier molecular flexibility index (Phi) is 4.44. The summed E-state index contributed by atoms with van der Waals surface area (Å²) in [6.07, 6.45) is 8.50. The molecule has 1 aliphatic rings. The van der Waals surface area contributed by atoms with Crippen LogP contribution in [0.3, 0.4) is 0 Å². The van der Waals surface area contributed by atoms with Crippen molar-refractivity contribution in [2.24, 2.45) is 5.92 Å². The molecule has 0 atom stereocenters. The molecule has 1 N–H and O–H groups in total. The van der Waals surface area contributed by atoms with Crippen LogP contribution in [0.4, 0.5) is 5.13 Å². The molecule has 0 amide bonds. The molecule has 1 aromatic rings. The monoisotopic (exact) mass is 288 g/mol. The maximum absolute atomic E-state index is 4.30. The van der Waals surface area contributed by atoms with E-state index in [0.29, 0.717) is 0 Å². The maximum Gasteiger partial charge on any atom is 0.183 e. The van der Waals surface area contributed by atoms with Crippen LogP contribution in [0, 0.1) is 5.92 Å². The SMILES string of the molecule is Brc1csc(NCCCC2CCCC2)n1. The first-order valence-corrected chi connectivity index (χ1v) is 7.37. The Bertz CT molecular complexity index is 295. The van der Waals surface area contributed by atoms with Gasteiger partial charge in [-0.3, -0.25) is 0 Å². The molecule has 2 nitrogen and oxygen atoms in total. The Morgan fingerprint density at radius 3 is 2.93 bits per heavy atom. The molecule has 84 valence electrons. The number of nitrogens with one attached hydrogen (secondary N) is 1. The van der Waals surface area contributed by atoms with E-state index in [0.717, 1.165) is 22.2 Å². The molecule has 2 rings (SSSR count). The summed E-state index contributed by atoms with van der Waals surface area (Å²) in [5.41, 5.74) is 0. The lowest BCUT2D eigenvalue weighted by Crippen LogP contribution is -2.03. The van der Waals surface area contributed by atoms with E-state index in [1.807, 2.05) is 5.38 Å². The fourth-order valence-corrected chi connectivity index (χ4v) is 3.39. The highest BCUT2D eigenvalue weighted by molar-refractivity contribution is 9.10. The number of aromatic nitrogens is 1. The molecule has 1 aromatic heterocycles. The Balaban J connectivity index is 1.58. The predicted octanol–water partition coefficient (Wildman–Crippen LogP) is 4.29. The highest BCUT2D eigenvalue weighted by Crippen LogP contribution is 2.28. The van der Waals surface area contributed by atoms with Crippen molar-refractivity contribution in [3.8, 4) is 0 Å².